The minimum Gasteiger partial charge on any atom is -0.457 e. The third-order valence-corrected chi connectivity index (χ3v) is 5.45. The predicted molar refractivity (Wildman–Crippen MR) is 149 cm³/mol. The van der Waals surface area contributed by atoms with Crippen molar-refractivity contribution in [2.75, 3.05) is 21.1 Å². The molecular formula is C26H29Cl2N3O3S. The molecule has 0 saturated heterocycles. The molecule has 3 rings (SSSR count). The summed E-state index contributed by atoms with van der Waals surface area (Å²) in [5.41, 5.74) is 8.07. The van der Waals surface area contributed by atoms with Crippen LogP contribution >= 0.6 is 35.4 Å². The Bertz CT molecular complexity index is 1100. The number of benzene rings is 2. The first-order chi connectivity index (χ1) is 16.9. The van der Waals surface area contributed by atoms with Crippen LogP contribution in [0.2, 0.25) is 10.0 Å². The Morgan fingerprint density at radius 1 is 1.06 bits per heavy atom. The number of nitrogens with zero attached hydrogens (tertiary/aromatic N) is 1. The molecule has 186 valence electrons. The molecule has 35 heavy (non-hydrogen) atoms. The molecule has 0 saturated carbocycles. The van der Waals surface area contributed by atoms with E-state index in [-0.39, 0.29) is 6.04 Å². The van der Waals surface area contributed by atoms with Gasteiger partial charge in [-0.25, -0.2) is 0 Å². The van der Waals surface area contributed by atoms with Crippen molar-refractivity contribution in [1.29, 1.82) is 0 Å². The molecule has 0 aliphatic heterocycles. The van der Waals surface area contributed by atoms with Crippen LogP contribution in [0.25, 0.3) is 17.4 Å². The first-order valence-corrected chi connectivity index (χ1v) is 11.8. The van der Waals surface area contributed by atoms with Crippen LogP contribution in [0, 0.1) is 0 Å². The van der Waals surface area contributed by atoms with Crippen LogP contribution in [0.3, 0.4) is 0 Å². The first kappa shape index (κ1) is 30.2. The number of thiocarbonyl (C=S) groups is 1. The topological polar surface area (TPSA) is 88.6 Å². The average Bonchev–Trinajstić information content (AvgIpc) is 3.34. The lowest BCUT2D eigenvalue weighted by atomic mass is 10.1. The van der Waals surface area contributed by atoms with Crippen LogP contribution in [0.1, 0.15) is 11.3 Å². The zero-order valence-electron chi connectivity index (χ0n) is 19.8. The van der Waals surface area contributed by atoms with Gasteiger partial charge in [-0.15, -0.1) is 0 Å². The van der Waals surface area contributed by atoms with Gasteiger partial charge in [0.2, 0.25) is 0 Å². The van der Waals surface area contributed by atoms with Gasteiger partial charge in [0.05, 0.1) is 27.3 Å². The van der Waals surface area contributed by atoms with Gasteiger partial charge in [0, 0.05) is 11.6 Å². The van der Waals surface area contributed by atoms with Gasteiger partial charge in [0.1, 0.15) is 17.8 Å². The highest BCUT2D eigenvalue weighted by Crippen LogP contribution is 2.29. The Labute approximate surface area is 221 Å². The maximum atomic E-state index is 10.8. The molecule has 3 N–H and O–H groups in total. The zero-order valence-corrected chi connectivity index (χ0v) is 22.1. The summed E-state index contributed by atoms with van der Waals surface area (Å²) < 4.78 is 5.62. The number of carbonyl (C=O) groups is 2. The van der Waals surface area contributed by atoms with E-state index in [1.807, 2.05) is 49.3 Å². The third-order valence-electron chi connectivity index (χ3n) is 4.59. The molecule has 0 aliphatic rings. The van der Waals surface area contributed by atoms with Gasteiger partial charge in [-0.05, 0) is 63.5 Å². The Morgan fingerprint density at radius 3 is 2.29 bits per heavy atom. The number of rotatable bonds is 9. The van der Waals surface area contributed by atoms with Gasteiger partial charge in [-0.3, -0.25) is 9.69 Å². The maximum absolute atomic E-state index is 10.8. The fraction of sp³-hybridized carbons (Fsp3) is 0.192. The van der Waals surface area contributed by atoms with Crippen LogP contribution in [0.5, 0.6) is 0 Å². The lowest BCUT2D eigenvalue weighted by Crippen LogP contribution is -2.31. The lowest BCUT2D eigenvalue weighted by Gasteiger charge is -2.17. The molecular weight excluding hydrogens is 505 g/mol. The van der Waals surface area contributed by atoms with Gasteiger partial charge in [-0.1, -0.05) is 65.8 Å². The van der Waals surface area contributed by atoms with Crippen molar-refractivity contribution < 1.29 is 14.0 Å². The molecule has 0 radical (unpaired) electrons. The largest absolute Gasteiger partial charge is 0.457 e. The monoisotopic (exact) mass is 533 g/mol. The van der Waals surface area contributed by atoms with Crippen molar-refractivity contribution in [2.45, 2.75) is 12.5 Å². The van der Waals surface area contributed by atoms with E-state index in [4.69, 9.17) is 27.6 Å². The smallest absolute Gasteiger partial charge is 0.166 e. The summed E-state index contributed by atoms with van der Waals surface area (Å²) >= 11 is 16.4. The Balaban J connectivity index is 0.000000354. The van der Waals surface area contributed by atoms with E-state index in [2.05, 4.69) is 23.3 Å². The normalized spacial score (nSPS) is 11.3. The maximum Gasteiger partial charge on any atom is 0.166 e. The summed E-state index contributed by atoms with van der Waals surface area (Å²) in [4.78, 5) is 23.4. The number of likely N-dealkylation sites (N-methyl/N-ethyl adjacent to an activating group) is 1. The Kier molecular flexibility index (Phi) is 14.5. The lowest BCUT2D eigenvalue weighted by molar-refractivity contribution is -0.111. The van der Waals surface area contributed by atoms with Crippen LogP contribution in [-0.2, 0) is 16.0 Å². The van der Waals surface area contributed by atoms with Gasteiger partial charge < -0.3 is 20.3 Å². The van der Waals surface area contributed by atoms with Crippen molar-refractivity contribution in [3.63, 3.8) is 0 Å². The summed E-state index contributed by atoms with van der Waals surface area (Å²) in [7, 11) is 5.34. The van der Waals surface area contributed by atoms with Gasteiger partial charge in [0.15, 0.2) is 6.29 Å². The molecule has 1 unspecified atom stereocenters. The van der Waals surface area contributed by atoms with Crippen LogP contribution in [0.15, 0.2) is 70.8 Å². The molecule has 6 nitrogen and oxygen atoms in total. The molecule has 0 spiro atoms. The van der Waals surface area contributed by atoms with Crippen LogP contribution < -0.4 is 11.1 Å². The fourth-order valence-corrected chi connectivity index (χ4v) is 3.21. The van der Waals surface area contributed by atoms with Crippen molar-refractivity contribution in [1.82, 2.24) is 10.2 Å². The molecule has 0 fully saturated rings. The molecule has 9 heteroatoms. The molecule has 2 aromatic carbocycles. The summed E-state index contributed by atoms with van der Waals surface area (Å²) in [5, 5.41) is 3.57. The number of aldehydes is 2. The second kappa shape index (κ2) is 16.8. The van der Waals surface area contributed by atoms with Crippen molar-refractivity contribution in [2.24, 2.45) is 5.73 Å². The number of furan rings is 1. The molecule has 0 amide bonds. The summed E-state index contributed by atoms with van der Waals surface area (Å²) in [6, 6.07) is 18.8. The molecule has 1 heterocycles. The number of carbonyl (C=O) groups excluding carboxylic acids is 2. The molecule has 3 aromatic rings. The van der Waals surface area contributed by atoms with E-state index in [0.29, 0.717) is 33.5 Å². The van der Waals surface area contributed by atoms with Gasteiger partial charge in [0.25, 0.3) is 0 Å². The molecule has 0 bridgehead atoms. The standard InChI is InChI=1S/C14H9Cl2NO2S.C11H15NO.CH5N/c15-12-3-1-9(5-13(12)16)14-4-2-11(19-14)6-10(7-18)17-8-20;1-12(2)11(9-13)8-10-6-4-3-5-7-10;1-2/h1-8H,(H,17,20);3-7,9,11H,8H2,1-2H3;2H2,1H3/b10-6+;;. The SMILES string of the molecule is CN.CN(C)C(C=O)Cc1ccccc1.O=C/C(=C\c1ccc(-c2ccc(Cl)c(Cl)c2)o1)NC=S. The van der Waals surface area contributed by atoms with Crippen molar-refractivity contribution in [3.8, 4) is 11.3 Å². The zero-order chi connectivity index (χ0) is 26.2. The minimum atomic E-state index is -0.0117. The quantitative estimate of drug-likeness (QED) is 0.220. The summed E-state index contributed by atoms with van der Waals surface area (Å²) in [5.74, 6) is 1.15. The highest BCUT2D eigenvalue weighted by Gasteiger charge is 2.10. The molecule has 0 aliphatic carbocycles. The second-order valence-corrected chi connectivity index (χ2v) is 8.22. The van der Waals surface area contributed by atoms with E-state index in [1.54, 1.807) is 36.4 Å². The van der Waals surface area contributed by atoms with E-state index in [0.717, 1.165) is 18.3 Å². The van der Waals surface area contributed by atoms with Crippen molar-refractivity contribution >= 4 is 59.6 Å². The van der Waals surface area contributed by atoms with E-state index in [9.17, 15) is 9.59 Å². The van der Waals surface area contributed by atoms with Gasteiger partial charge in [-0.2, -0.15) is 0 Å². The number of hydrogen-bond acceptors (Lipinski definition) is 6. The number of allylic oxidation sites excluding steroid dienone is 1. The number of hydrogen-bond donors (Lipinski definition) is 2. The van der Waals surface area contributed by atoms with E-state index < -0.39 is 0 Å². The Morgan fingerprint density at radius 2 is 1.74 bits per heavy atom. The van der Waals surface area contributed by atoms with Crippen molar-refractivity contribution in [3.05, 3.63) is 87.7 Å². The fourth-order valence-electron chi connectivity index (χ4n) is 2.77. The molecule has 1 aromatic heterocycles. The number of nitrogens with one attached hydrogen (secondary N) is 1. The third kappa shape index (κ3) is 10.5. The Hall–Kier alpha value is -2.81. The van der Waals surface area contributed by atoms with E-state index in [1.165, 1.54) is 18.1 Å². The molecule has 1 atom stereocenters. The predicted octanol–water partition coefficient (Wildman–Crippen LogP) is 5.27. The average molecular weight is 535 g/mol. The van der Waals surface area contributed by atoms with Crippen LogP contribution in [0.4, 0.5) is 0 Å². The first-order valence-electron chi connectivity index (χ1n) is 10.5. The highest BCUT2D eigenvalue weighted by molar-refractivity contribution is 7.78. The minimum absolute atomic E-state index is 0.0117. The second-order valence-electron chi connectivity index (χ2n) is 7.17. The number of nitrogens with two attached hydrogens (primary N) is 1. The number of halogens is 2. The highest BCUT2D eigenvalue weighted by atomic mass is 35.5. The van der Waals surface area contributed by atoms with Gasteiger partial charge >= 0.3 is 0 Å². The van der Waals surface area contributed by atoms with Crippen LogP contribution in [-0.4, -0.2) is 50.1 Å². The summed E-state index contributed by atoms with van der Waals surface area (Å²) in [6.07, 6.45) is 3.99. The summed E-state index contributed by atoms with van der Waals surface area (Å²) in [6.45, 7) is 0. The van der Waals surface area contributed by atoms with E-state index >= 15 is 0 Å².